The van der Waals surface area contributed by atoms with Crippen molar-refractivity contribution < 1.29 is 9.53 Å². The van der Waals surface area contributed by atoms with Gasteiger partial charge in [-0.05, 0) is 38.4 Å². The Morgan fingerprint density at radius 3 is 2.82 bits per heavy atom. The Morgan fingerprint density at radius 2 is 2.07 bits per heavy atom. The number of likely N-dealkylation sites (tertiary alicyclic amines) is 1. The first-order valence-electron chi connectivity index (χ1n) is 9.74. The monoisotopic (exact) mass is 380 g/mol. The molecule has 5 rings (SSSR count). The molecule has 4 heterocycles. The molecular formula is C20H24N6O2. The number of likely N-dealkylation sites (N-methyl/N-ethyl adjacent to an activating group) is 1. The van der Waals surface area contributed by atoms with Gasteiger partial charge in [-0.3, -0.25) is 9.48 Å². The maximum Gasteiger partial charge on any atom is 0.228 e. The van der Waals surface area contributed by atoms with Crippen LogP contribution < -0.4 is 10.1 Å². The molecule has 1 saturated carbocycles. The lowest BCUT2D eigenvalue weighted by Crippen LogP contribution is -2.21. The number of hydrogen-bond acceptors (Lipinski definition) is 5. The number of imidazole rings is 1. The molecule has 1 atom stereocenters. The summed E-state index contributed by atoms with van der Waals surface area (Å²) in [6, 6.07) is 3.96. The van der Waals surface area contributed by atoms with E-state index in [0.29, 0.717) is 5.82 Å². The molecule has 2 fully saturated rings. The number of aromatic nitrogens is 4. The summed E-state index contributed by atoms with van der Waals surface area (Å²) < 4.78 is 10.0. The minimum absolute atomic E-state index is 0.0625. The molecule has 1 aliphatic carbocycles. The Kier molecular flexibility index (Phi) is 4.08. The highest BCUT2D eigenvalue weighted by molar-refractivity contribution is 5.93. The standard InChI is InChI=1S/C20H24N6O2/c1-24-8-7-15(11-24)28-16-9-21-25(2)19(16)14-5-6-18-22-17(12-26(18)10-14)23-20(27)13-3-4-13/h5-6,9-10,12-13,15H,3-4,7-8,11H2,1-2H3,(H,23,27)/t15-/m0/s1. The number of carbonyl (C=O) groups excluding carboxylic acids is 1. The Labute approximate surface area is 163 Å². The molecule has 1 amide bonds. The minimum atomic E-state index is 0.0625. The van der Waals surface area contributed by atoms with Crippen LogP contribution in [0, 0.1) is 5.92 Å². The van der Waals surface area contributed by atoms with Crippen LogP contribution in [0.2, 0.25) is 0 Å². The fourth-order valence-corrected chi connectivity index (χ4v) is 3.77. The summed E-state index contributed by atoms with van der Waals surface area (Å²) in [7, 11) is 4.03. The Morgan fingerprint density at radius 1 is 1.21 bits per heavy atom. The van der Waals surface area contributed by atoms with Crippen molar-refractivity contribution in [3.05, 3.63) is 30.7 Å². The molecule has 0 aromatic carbocycles. The maximum absolute atomic E-state index is 12.0. The highest BCUT2D eigenvalue weighted by atomic mass is 16.5. The van der Waals surface area contributed by atoms with E-state index in [9.17, 15) is 4.79 Å². The fourth-order valence-electron chi connectivity index (χ4n) is 3.77. The first-order valence-corrected chi connectivity index (χ1v) is 9.74. The van der Waals surface area contributed by atoms with Crippen LogP contribution in [0.5, 0.6) is 5.75 Å². The van der Waals surface area contributed by atoms with Crippen LogP contribution in [0.3, 0.4) is 0 Å². The maximum atomic E-state index is 12.0. The Bertz CT molecular complexity index is 1030. The second-order valence-corrected chi connectivity index (χ2v) is 7.84. The number of rotatable bonds is 5. The van der Waals surface area contributed by atoms with Gasteiger partial charge in [0.2, 0.25) is 5.91 Å². The lowest BCUT2D eigenvalue weighted by molar-refractivity contribution is -0.117. The van der Waals surface area contributed by atoms with Crippen LogP contribution in [0.1, 0.15) is 19.3 Å². The number of fused-ring (bicyclic) bond motifs is 1. The summed E-state index contributed by atoms with van der Waals surface area (Å²) in [4.78, 5) is 18.8. The number of nitrogens with one attached hydrogen (secondary N) is 1. The molecule has 8 heteroatoms. The van der Waals surface area contributed by atoms with Crippen molar-refractivity contribution in [2.75, 3.05) is 25.5 Å². The number of anilines is 1. The lowest BCUT2D eigenvalue weighted by atomic mass is 10.2. The molecule has 3 aromatic rings. The van der Waals surface area contributed by atoms with Gasteiger partial charge in [-0.2, -0.15) is 5.10 Å². The van der Waals surface area contributed by atoms with E-state index >= 15 is 0 Å². The van der Waals surface area contributed by atoms with Crippen LogP contribution >= 0.6 is 0 Å². The highest BCUT2D eigenvalue weighted by Gasteiger charge is 2.30. The van der Waals surface area contributed by atoms with Crippen molar-refractivity contribution in [1.82, 2.24) is 24.1 Å². The second-order valence-electron chi connectivity index (χ2n) is 7.84. The van der Waals surface area contributed by atoms with Gasteiger partial charge in [0.1, 0.15) is 17.4 Å². The molecule has 0 spiro atoms. The van der Waals surface area contributed by atoms with Gasteiger partial charge in [0, 0.05) is 37.8 Å². The van der Waals surface area contributed by atoms with Crippen molar-refractivity contribution in [2.45, 2.75) is 25.4 Å². The summed E-state index contributed by atoms with van der Waals surface area (Å²) in [5.74, 6) is 1.60. The van der Waals surface area contributed by atoms with Gasteiger partial charge in [-0.1, -0.05) is 0 Å². The van der Waals surface area contributed by atoms with Gasteiger partial charge in [-0.25, -0.2) is 4.98 Å². The van der Waals surface area contributed by atoms with Crippen molar-refractivity contribution >= 4 is 17.4 Å². The molecule has 1 aliphatic heterocycles. The number of pyridine rings is 1. The summed E-state index contributed by atoms with van der Waals surface area (Å²) in [5, 5.41) is 7.31. The predicted octanol–water partition coefficient (Wildman–Crippen LogP) is 2.17. The first kappa shape index (κ1) is 17.2. The van der Waals surface area contributed by atoms with Crippen LogP contribution in [0.4, 0.5) is 5.82 Å². The van der Waals surface area contributed by atoms with E-state index in [1.807, 2.05) is 40.7 Å². The average molecular weight is 380 g/mol. The third-order valence-corrected chi connectivity index (χ3v) is 5.47. The molecule has 146 valence electrons. The van der Waals surface area contributed by atoms with E-state index in [-0.39, 0.29) is 17.9 Å². The summed E-state index contributed by atoms with van der Waals surface area (Å²) >= 11 is 0. The highest BCUT2D eigenvalue weighted by Crippen LogP contribution is 2.32. The number of amides is 1. The summed E-state index contributed by atoms with van der Waals surface area (Å²) in [6.07, 6.45) is 8.80. The van der Waals surface area contributed by atoms with Gasteiger partial charge < -0.3 is 19.4 Å². The molecule has 28 heavy (non-hydrogen) atoms. The van der Waals surface area contributed by atoms with Crippen molar-refractivity contribution in [3.63, 3.8) is 0 Å². The predicted molar refractivity (Wildman–Crippen MR) is 105 cm³/mol. The topological polar surface area (TPSA) is 76.7 Å². The Balaban J connectivity index is 1.42. The van der Waals surface area contributed by atoms with Gasteiger partial charge in [0.25, 0.3) is 0 Å². The molecule has 8 nitrogen and oxygen atoms in total. The number of nitrogens with zero attached hydrogens (tertiary/aromatic N) is 5. The molecule has 1 N–H and O–H groups in total. The molecule has 3 aromatic heterocycles. The van der Waals surface area contributed by atoms with Gasteiger partial charge >= 0.3 is 0 Å². The number of aryl methyl sites for hydroxylation is 1. The van der Waals surface area contributed by atoms with E-state index in [4.69, 9.17) is 4.74 Å². The molecule has 0 bridgehead atoms. The average Bonchev–Trinajstić information content (AvgIpc) is 3.19. The van der Waals surface area contributed by atoms with Crippen molar-refractivity contribution in [1.29, 1.82) is 0 Å². The largest absolute Gasteiger partial charge is 0.485 e. The smallest absolute Gasteiger partial charge is 0.228 e. The lowest BCUT2D eigenvalue weighted by Gasteiger charge is -2.14. The van der Waals surface area contributed by atoms with Crippen LogP contribution in [-0.2, 0) is 11.8 Å². The first-order chi connectivity index (χ1) is 13.6. The zero-order valence-electron chi connectivity index (χ0n) is 16.1. The van der Waals surface area contributed by atoms with Gasteiger partial charge in [0.05, 0.1) is 12.4 Å². The van der Waals surface area contributed by atoms with E-state index in [1.165, 1.54) is 0 Å². The molecule has 0 radical (unpaired) electrons. The summed E-state index contributed by atoms with van der Waals surface area (Å²) in [5.41, 5.74) is 2.72. The summed E-state index contributed by atoms with van der Waals surface area (Å²) in [6.45, 7) is 1.98. The van der Waals surface area contributed by atoms with Crippen LogP contribution in [0.25, 0.3) is 16.9 Å². The number of hydrogen-bond donors (Lipinski definition) is 1. The van der Waals surface area contributed by atoms with Crippen molar-refractivity contribution in [3.8, 4) is 17.0 Å². The number of ether oxygens (including phenoxy) is 1. The normalized spacial score (nSPS) is 20.0. The van der Waals surface area contributed by atoms with E-state index in [0.717, 1.165) is 55.0 Å². The zero-order valence-corrected chi connectivity index (χ0v) is 16.1. The van der Waals surface area contributed by atoms with Gasteiger partial charge in [0.15, 0.2) is 11.6 Å². The molecule has 0 unspecified atom stereocenters. The SMILES string of the molecule is CN1CC[C@H](Oc2cnn(C)c2-c2ccc3nc(NC(=O)C4CC4)cn3c2)C1. The molecule has 2 aliphatic rings. The van der Waals surface area contributed by atoms with Crippen molar-refractivity contribution in [2.24, 2.45) is 13.0 Å². The molecule has 1 saturated heterocycles. The fraction of sp³-hybridized carbons (Fsp3) is 0.450. The Hall–Kier alpha value is -2.87. The third-order valence-electron chi connectivity index (χ3n) is 5.47. The zero-order chi connectivity index (χ0) is 19.3. The second kappa shape index (κ2) is 6.63. The van der Waals surface area contributed by atoms with E-state index in [2.05, 4.69) is 27.3 Å². The minimum Gasteiger partial charge on any atom is -0.485 e. The van der Waals surface area contributed by atoms with Gasteiger partial charge in [-0.15, -0.1) is 0 Å². The van der Waals surface area contributed by atoms with Crippen LogP contribution in [-0.4, -0.2) is 56.2 Å². The molecular weight excluding hydrogens is 356 g/mol. The van der Waals surface area contributed by atoms with E-state index in [1.54, 1.807) is 6.20 Å². The third kappa shape index (κ3) is 3.24. The van der Waals surface area contributed by atoms with E-state index < -0.39 is 0 Å². The van der Waals surface area contributed by atoms with Crippen LogP contribution in [0.15, 0.2) is 30.7 Å². The quantitative estimate of drug-likeness (QED) is 0.734. The number of carbonyl (C=O) groups is 1.